The SMILES string of the molecule is CC1(C(=O)O)CCCCN1C(=O)COCc1ccccc1. The van der Waals surface area contributed by atoms with Gasteiger partial charge in [-0.25, -0.2) is 4.79 Å². The van der Waals surface area contributed by atoms with Gasteiger partial charge in [0.15, 0.2) is 0 Å². The Labute approximate surface area is 124 Å². The first-order chi connectivity index (χ1) is 10.0. The van der Waals surface area contributed by atoms with Gasteiger partial charge >= 0.3 is 5.97 Å². The van der Waals surface area contributed by atoms with Crippen molar-refractivity contribution < 1.29 is 19.4 Å². The summed E-state index contributed by atoms with van der Waals surface area (Å²) in [5, 5.41) is 9.39. The molecule has 0 radical (unpaired) electrons. The number of hydrogen-bond donors (Lipinski definition) is 1. The third-order valence-electron chi connectivity index (χ3n) is 3.99. The minimum absolute atomic E-state index is 0.0856. The zero-order valence-electron chi connectivity index (χ0n) is 12.2. The number of rotatable bonds is 5. The zero-order chi connectivity index (χ0) is 15.3. The first kappa shape index (κ1) is 15.5. The van der Waals surface area contributed by atoms with E-state index in [4.69, 9.17) is 4.74 Å². The number of nitrogens with zero attached hydrogens (tertiary/aromatic N) is 1. The van der Waals surface area contributed by atoms with E-state index >= 15 is 0 Å². The number of aliphatic carboxylic acids is 1. The van der Waals surface area contributed by atoms with Crippen molar-refractivity contribution in [3.63, 3.8) is 0 Å². The van der Waals surface area contributed by atoms with Crippen molar-refractivity contribution in [2.45, 2.75) is 38.3 Å². The molecule has 1 aromatic rings. The molecule has 1 atom stereocenters. The molecule has 1 fully saturated rings. The molecule has 0 aliphatic carbocycles. The van der Waals surface area contributed by atoms with Crippen LogP contribution in [0.25, 0.3) is 0 Å². The highest BCUT2D eigenvalue weighted by molar-refractivity contribution is 5.87. The summed E-state index contributed by atoms with van der Waals surface area (Å²) in [5.74, 6) is -1.20. The van der Waals surface area contributed by atoms with Gasteiger partial charge in [0.1, 0.15) is 12.1 Å². The zero-order valence-corrected chi connectivity index (χ0v) is 12.2. The van der Waals surface area contributed by atoms with Gasteiger partial charge in [0.25, 0.3) is 0 Å². The molecule has 114 valence electrons. The van der Waals surface area contributed by atoms with Gasteiger partial charge in [-0.15, -0.1) is 0 Å². The molecule has 1 saturated heterocycles. The van der Waals surface area contributed by atoms with Crippen LogP contribution >= 0.6 is 0 Å². The molecule has 1 N–H and O–H groups in total. The number of carbonyl (C=O) groups is 2. The maximum atomic E-state index is 12.2. The van der Waals surface area contributed by atoms with E-state index in [0.29, 0.717) is 19.6 Å². The van der Waals surface area contributed by atoms with Gasteiger partial charge in [-0.1, -0.05) is 30.3 Å². The molecule has 1 aromatic carbocycles. The lowest BCUT2D eigenvalue weighted by atomic mass is 9.88. The Bertz CT molecular complexity index is 502. The van der Waals surface area contributed by atoms with Gasteiger partial charge in [-0.05, 0) is 31.7 Å². The molecule has 2 rings (SSSR count). The van der Waals surface area contributed by atoms with Crippen LogP contribution in [0.4, 0.5) is 0 Å². The molecule has 0 spiro atoms. The van der Waals surface area contributed by atoms with Crippen molar-refractivity contribution in [3.05, 3.63) is 35.9 Å². The predicted molar refractivity (Wildman–Crippen MR) is 77.7 cm³/mol. The van der Waals surface area contributed by atoms with E-state index in [0.717, 1.165) is 18.4 Å². The maximum Gasteiger partial charge on any atom is 0.329 e. The average Bonchev–Trinajstić information content (AvgIpc) is 2.48. The van der Waals surface area contributed by atoms with Crippen LogP contribution in [0.15, 0.2) is 30.3 Å². The van der Waals surface area contributed by atoms with Crippen molar-refractivity contribution in [1.82, 2.24) is 4.90 Å². The Balaban J connectivity index is 1.91. The van der Waals surface area contributed by atoms with E-state index < -0.39 is 11.5 Å². The minimum atomic E-state index is -1.11. The van der Waals surface area contributed by atoms with Gasteiger partial charge in [0, 0.05) is 6.54 Å². The van der Waals surface area contributed by atoms with Crippen LogP contribution < -0.4 is 0 Å². The van der Waals surface area contributed by atoms with E-state index in [1.807, 2.05) is 30.3 Å². The quantitative estimate of drug-likeness (QED) is 0.901. The third-order valence-corrected chi connectivity index (χ3v) is 3.99. The number of carbonyl (C=O) groups excluding carboxylic acids is 1. The summed E-state index contributed by atoms with van der Waals surface area (Å²) in [6.07, 6.45) is 2.16. The van der Waals surface area contributed by atoms with Gasteiger partial charge in [-0.3, -0.25) is 4.79 Å². The fraction of sp³-hybridized carbons (Fsp3) is 0.500. The fourth-order valence-electron chi connectivity index (χ4n) is 2.65. The van der Waals surface area contributed by atoms with E-state index in [9.17, 15) is 14.7 Å². The highest BCUT2D eigenvalue weighted by atomic mass is 16.5. The van der Waals surface area contributed by atoms with E-state index in [1.54, 1.807) is 6.92 Å². The summed E-state index contributed by atoms with van der Waals surface area (Å²) in [6, 6.07) is 9.58. The van der Waals surface area contributed by atoms with Crippen LogP contribution in [0.2, 0.25) is 0 Å². The van der Waals surface area contributed by atoms with Crippen molar-refractivity contribution >= 4 is 11.9 Å². The van der Waals surface area contributed by atoms with Gasteiger partial charge < -0.3 is 14.7 Å². The van der Waals surface area contributed by atoms with Crippen LogP contribution in [0, 0.1) is 0 Å². The Morgan fingerprint density at radius 3 is 2.67 bits per heavy atom. The number of carboxylic acids is 1. The van der Waals surface area contributed by atoms with Gasteiger partial charge in [0.2, 0.25) is 5.91 Å². The normalized spacial score (nSPS) is 22.0. The minimum Gasteiger partial charge on any atom is -0.480 e. The molecular formula is C16H21NO4. The highest BCUT2D eigenvalue weighted by Crippen LogP contribution is 2.28. The van der Waals surface area contributed by atoms with E-state index in [-0.39, 0.29) is 12.5 Å². The number of benzene rings is 1. The largest absolute Gasteiger partial charge is 0.480 e. The number of hydrogen-bond acceptors (Lipinski definition) is 3. The summed E-state index contributed by atoms with van der Waals surface area (Å²) in [7, 11) is 0. The molecule has 0 aromatic heterocycles. The summed E-state index contributed by atoms with van der Waals surface area (Å²) in [6.45, 7) is 2.36. The Morgan fingerprint density at radius 2 is 2.00 bits per heavy atom. The Hall–Kier alpha value is -1.88. The van der Waals surface area contributed by atoms with Crippen LogP contribution in [0.3, 0.4) is 0 Å². The second-order valence-electron chi connectivity index (χ2n) is 5.56. The highest BCUT2D eigenvalue weighted by Gasteiger charge is 2.43. The summed E-state index contributed by atoms with van der Waals surface area (Å²) in [5.41, 5.74) is -0.115. The number of piperidine rings is 1. The molecule has 1 aliphatic rings. The maximum absolute atomic E-state index is 12.2. The van der Waals surface area contributed by atoms with Crippen LogP contribution in [-0.4, -0.2) is 40.6 Å². The Morgan fingerprint density at radius 1 is 1.29 bits per heavy atom. The van der Waals surface area contributed by atoms with Crippen molar-refractivity contribution in [3.8, 4) is 0 Å². The van der Waals surface area contributed by atoms with Crippen molar-refractivity contribution in [1.29, 1.82) is 0 Å². The first-order valence-electron chi connectivity index (χ1n) is 7.19. The lowest BCUT2D eigenvalue weighted by Gasteiger charge is -2.41. The molecule has 5 heteroatoms. The summed E-state index contributed by atoms with van der Waals surface area (Å²) in [4.78, 5) is 25.1. The molecule has 5 nitrogen and oxygen atoms in total. The monoisotopic (exact) mass is 291 g/mol. The number of likely N-dealkylation sites (tertiary alicyclic amines) is 1. The summed E-state index contributed by atoms with van der Waals surface area (Å²) >= 11 is 0. The molecule has 1 unspecified atom stereocenters. The Kier molecular flexibility index (Phi) is 4.96. The molecule has 1 aliphatic heterocycles. The van der Waals surface area contributed by atoms with Crippen LogP contribution in [0.1, 0.15) is 31.7 Å². The molecule has 0 saturated carbocycles. The number of carboxylic acid groups (broad SMARTS) is 1. The summed E-state index contributed by atoms with van der Waals surface area (Å²) < 4.78 is 5.42. The smallest absolute Gasteiger partial charge is 0.329 e. The molecule has 1 amide bonds. The lowest BCUT2D eigenvalue weighted by Crippen LogP contribution is -2.58. The van der Waals surface area contributed by atoms with Crippen molar-refractivity contribution in [2.24, 2.45) is 0 Å². The standard InChI is InChI=1S/C16H21NO4/c1-16(15(19)20)9-5-6-10-17(16)14(18)12-21-11-13-7-3-2-4-8-13/h2-4,7-8H,5-6,9-12H2,1H3,(H,19,20). The average molecular weight is 291 g/mol. The second kappa shape index (κ2) is 6.72. The van der Waals surface area contributed by atoms with E-state index in [1.165, 1.54) is 4.90 Å². The van der Waals surface area contributed by atoms with Crippen LogP contribution in [-0.2, 0) is 20.9 Å². The third kappa shape index (κ3) is 3.61. The molecule has 0 bridgehead atoms. The number of amides is 1. The molecule has 21 heavy (non-hydrogen) atoms. The van der Waals surface area contributed by atoms with Crippen molar-refractivity contribution in [2.75, 3.05) is 13.2 Å². The second-order valence-corrected chi connectivity index (χ2v) is 5.56. The van der Waals surface area contributed by atoms with Crippen LogP contribution in [0.5, 0.6) is 0 Å². The fourth-order valence-corrected chi connectivity index (χ4v) is 2.65. The number of ether oxygens (including phenoxy) is 1. The topological polar surface area (TPSA) is 66.8 Å². The first-order valence-corrected chi connectivity index (χ1v) is 7.19. The molecular weight excluding hydrogens is 270 g/mol. The lowest BCUT2D eigenvalue weighted by molar-refractivity contribution is -0.163. The van der Waals surface area contributed by atoms with E-state index in [2.05, 4.69) is 0 Å². The molecule has 1 heterocycles. The van der Waals surface area contributed by atoms with Gasteiger partial charge in [0.05, 0.1) is 6.61 Å². The predicted octanol–water partition coefficient (Wildman–Crippen LogP) is 2.06. The van der Waals surface area contributed by atoms with Gasteiger partial charge in [-0.2, -0.15) is 0 Å².